The smallest absolute Gasteiger partial charge is 0.232 e. The molecule has 0 spiro atoms. The zero-order valence-electron chi connectivity index (χ0n) is 9.69. The maximum absolute atomic E-state index is 12.2. The number of hydrogen-bond donors (Lipinski definition) is 1. The number of hydrogen-bond acceptors (Lipinski definition) is 1. The molecule has 0 saturated heterocycles. The first-order chi connectivity index (χ1) is 8.75. The molecule has 1 N–H and O–H groups in total. The summed E-state index contributed by atoms with van der Waals surface area (Å²) >= 11 is 2.23. The van der Waals surface area contributed by atoms with E-state index in [9.17, 15) is 4.79 Å². The third kappa shape index (κ3) is 2.03. The van der Waals surface area contributed by atoms with Crippen LogP contribution in [-0.2, 0) is 11.2 Å². The number of amides is 1. The predicted molar refractivity (Wildman–Crippen MR) is 80.7 cm³/mol. The van der Waals surface area contributed by atoms with Crippen LogP contribution < -0.4 is 5.32 Å². The zero-order chi connectivity index (χ0) is 12.5. The SMILES string of the molecule is O=C(Nc1ccccc1I)C1Cc2ccccc21. The Morgan fingerprint density at radius 1 is 1.11 bits per heavy atom. The predicted octanol–water partition coefficient (Wildman–Crippen LogP) is 3.57. The lowest BCUT2D eigenvalue weighted by molar-refractivity contribution is -0.118. The number of para-hydroxylation sites is 1. The van der Waals surface area contributed by atoms with Gasteiger partial charge < -0.3 is 5.32 Å². The zero-order valence-corrected chi connectivity index (χ0v) is 11.8. The number of fused-ring (bicyclic) bond motifs is 1. The number of carbonyl (C=O) groups is 1. The van der Waals surface area contributed by atoms with Gasteiger partial charge >= 0.3 is 0 Å². The molecular formula is C15H12INO. The van der Waals surface area contributed by atoms with Gasteiger partial charge in [-0.1, -0.05) is 36.4 Å². The Bertz CT molecular complexity index is 609. The lowest BCUT2D eigenvalue weighted by Gasteiger charge is -2.29. The number of carbonyl (C=O) groups excluding carboxylic acids is 1. The Balaban J connectivity index is 1.77. The van der Waals surface area contributed by atoms with Crippen molar-refractivity contribution in [3.05, 3.63) is 63.2 Å². The van der Waals surface area contributed by atoms with E-state index in [2.05, 4.69) is 34.0 Å². The van der Waals surface area contributed by atoms with E-state index in [1.165, 1.54) is 11.1 Å². The van der Waals surface area contributed by atoms with E-state index in [1.807, 2.05) is 42.5 Å². The van der Waals surface area contributed by atoms with Gasteiger partial charge in [-0.15, -0.1) is 0 Å². The number of halogens is 1. The summed E-state index contributed by atoms with van der Waals surface area (Å²) in [5, 5.41) is 3.01. The topological polar surface area (TPSA) is 29.1 Å². The van der Waals surface area contributed by atoms with Crippen molar-refractivity contribution >= 4 is 34.2 Å². The molecule has 2 aromatic carbocycles. The van der Waals surface area contributed by atoms with Crippen LogP contribution in [0.5, 0.6) is 0 Å². The molecule has 1 amide bonds. The van der Waals surface area contributed by atoms with Gasteiger partial charge in [0.2, 0.25) is 5.91 Å². The largest absolute Gasteiger partial charge is 0.325 e. The summed E-state index contributed by atoms with van der Waals surface area (Å²) in [6, 6.07) is 16.0. The van der Waals surface area contributed by atoms with Crippen LogP contribution in [0, 0.1) is 3.57 Å². The average molecular weight is 349 g/mol. The van der Waals surface area contributed by atoms with Crippen molar-refractivity contribution in [1.82, 2.24) is 0 Å². The highest BCUT2D eigenvalue weighted by Gasteiger charge is 2.31. The molecule has 0 fully saturated rings. The molecule has 18 heavy (non-hydrogen) atoms. The maximum atomic E-state index is 12.2. The first-order valence-electron chi connectivity index (χ1n) is 5.89. The molecule has 1 aliphatic rings. The van der Waals surface area contributed by atoms with Gasteiger partial charge in [0.15, 0.2) is 0 Å². The molecule has 0 radical (unpaired) electrons. The molecule has 1 aliphatic carbocycles. The highest BCUT2D eigenvalue weighted by Crippen LogP contribution is 2.35. The highest BCUT2D eigenvalue weighted by atomic mass is 127. The van der Waals surface area contributed by atoms with Crippen LogP contribution >= 0.6 is 22.6 Å². The third-order valence-electron chi connectivity index (χ3n) is 3.30. The average Bonchev–Trinajstić information content (AvgIpc) is 2.34. The molecule has 3 rings (SSSR count). The fourth-order valence-corrected chi connectivity index (χ4v) is 2.80. The molecule has 2 aromatic rings. The Morgan fingerprint density at radius 2 is 1.83 bits per heavy atom. The van der Waals surface area contributed by atoms with E-state index in [-0.39, 0.29) is 11.8 Å². The van der Waals surface area contributed by atoms with Crippen LogP contribution in [-0.4, -0.2) is 5.91 Å². The van der Waals surface area contributed by atoms with Gasteiger partial charge in [0.1, 0.15) is 0 Å². The summed E-state index contributed by atoms with van der Waals surface area (Å²) in [5.74, 6) is 0.107. The van der Waals surface area contributed by atoms with Gasteiger partial charge in [0.25, 0.3) is 0 Å². The van der Waals surface area contributed by atoms with Crippen LogP contribution in [0.25, 0.3) is 0 Å². The minimum Gasteiger partial charge on any atom is -0.325 e. The van der Waals surface area contributed by atoms with E-state index < -0.39 is 0 Å². The van der Waals surface area contributed by atoms with Gasteiger partial charge in [-0.2, -0.15) is 0 Å². The Morgan fingerprint density at radius 3 is 2.61 bits per heavy atom. The normalized spacial score (nSPS) is 16.6. The second-order valence-corrected chi connectivity index (χ2v) is 5.59. The summed E-state index contributed by atoms with van der Waals surface area (Å²) < 4.78 is 1.07. The summed E-state index contributed by atoms with van der Waals surface area (Å²) in [6.07, 6.45) is 0.853. The molecule has 1 unspecified atom stereocenters. The first kappa shape index (κ1) is 11.7. The second kappa shape index (κ2) is 4.72. The quantitative estimate of drug-likeness (QED) is 0.826. The van der Waals surface area contributed by atoms with Crippen molar-refractivity contribution < 1.29 is 4.79 Å². The molecule has 0 aliphatic heterocycles. The monoisotopic (exact) mass is 349 g/mol. The number of benzene rings is 2. The molecule has 0 aromatic heterocycles. The molecule has 90 valence electrons. The third-order valence-corrected chi connectivity index (χ3v) is 4.24. The lowest BCUT2D eigenvalue weighted by Crippen LogP contribution is -2.30. The lowest BCUT2D eigenvalue weighted by atomic mass is 9.77. The Kier molecular flexibility index (Phi) is 3.07. The molecule has 1 atom stereocenters. The first-order valence-corrected chi connectivity index (χ1v) is 6.97. The standard InChI is InChI=1S/C15H12INO/c16-13-7-3-4-8-14(13)17-15(18)12-9-10-5-1-2-6-11(10)12/h1-8,12H,9H2,(H,17,18). The van der Waals surface area contributed by atoms with Gasteiger partial charge in [-0.25, -0.2) is 0 Å². The number of anilines is 1. The highest BCUT2D eigenvalue weighted by molar-refractivity contribution is 14.1. The fraction of sp³-hybridized carbons (Fsp3) is 0.133. The molecule has 0 bridgehead atoms. The van der Waals surface area contributed by atoms with Crippen molar-refractivity contribution in [2.24, 2.45) is 0 Å². The van der Waals surface area contributed by atoms with E-state index in [4.69, 9.17) is 0 Å². The summed E-state index contributed by atoms with van der Waals surface area (Å²) in [5.41, 5.74) is 3.36. The molecule has 3 heteroatoms. The Labute approximate surface area is 120 Å². The van der Waals surface area contributed by atoms with Crippen LogP contribution in [0.3, 0.4) is 0 Å². The number of nitrogens with one attached hydrogen (secondary N) is 1. The maximum Gasteiger partial charge on any atom is 0.232 e. The fourth-order valence-electron chi connectivity index (χ4n) is 2.28. The van der Waals surface area contributed by atoms with Crippen molar-refractivity contribution in [2.75, 3.05) is 5.32 Å². The van der Waals surface area contributed by atoms with Crippen molar-refractivity contribution in [1.29, 1.82) is 0 Å². The summed E-state index contributed by atoms with van der Waals surface area (Å²) in [4.78, 5) is 12.2. The second-order valence-electron chi connectivity index (χ2n) is 4.42. The number of rotatable bonds is 2. The van der Waals surface area contributed by atoms with Crippen LogP contribution in [0.1, 0.15) is 17.0 Å². The van der Waals surface area contributed by atoms with Crippen molar-refractivity contribution in [3.63, 3.8) is 0 Å². The van der Waals surface area contributed by atoms with E-state index >= 15 is 0 Å². The van der Waals surface area contributed by atoms with Crippen molar-refractivity contribution in [2.45, 2.75) is 12.3 Å². The van der Waals surface area contributed by atoms with Gasteiger partial charge in [0.05, 0.1) is 11.6 Å². The summed E-state index contributed by atoms with van der Waals surface area (Å²) in [7, 11) is 0. The van der Waals surface area contributed by atoms with E-state index in [1.54, 1.807) is 0 Å². The minimum atomic E-state index is 0.0113. The van der Waals surface area contributed by atoms with Crippen LogP contribution in [0.4, 0.5) is 5.69 Å². The molecule has 2 nitrogen and oxygen atoms in total. The van der Waals surface area contributed by atoms with Crippen molar-refractivity contribution in [3.8, 4) is 0 Å². The summed E-state index contributed by atoms with van der Waals surface area (Å²) in [6.45, 7) is 0. The molecule has 0 saturated carbocycles. The van der Waals surface area contributed by atoms with E-state index in [0.717, 1.165) is 15.7 Å². The van der Waals surface area contributed by atoms with E-state index in [0.29, 0.717) is 0 Å². The minimum absolute atomic E-state index is 0.0113. The van der Waals surface area contributed by atoms with Gasteiger partial charge in [-0.05, 0) is 52.3 Å². The molecular weight excluding hydrogens is 337 g/mol. The van der Waals surface area contributed by atoms with Gasteiger partial charge in [0, 0.05) is 3.57 Å². The van der Waals surface area contributed by atoms with Gasteiger partial charge in [-0.3, -0.25) is 4.79 Å². The van der Waals surface area contributed by atoms with Crippen LogP contribution in [0.15, 0.2) is 48.5 Å². The Hall–Kier alpha value is -1.36. The molecule has 0 heterocycles. The van der Waals surface area contributed by atoms with Crippen LogP contribution in [0.2, 0.25) is 0 Å².